The fourth-order valence-corrected chi connectivity index (χ4v) is 2.46. The molecule has 2 rings (SSSR count). The third kappa shape index (κ3) is 4.01. The Morgan fingerprint density at radius 3 is 2.43 bits per heavy atom. The van der Waals surface area contributed by atoms with Gasteiger partial charge in [0.1, 0.15) is 12.4 Å². The van der Waals surface area contributed by atoms with Gasteiger partial charge in [-0.25, -0.2) is 0 Å². The van der Waals surface area contributed by atoms with E-state index in [0.29, 0.717) is 6.61 Å². The SMILES string of the molecule is Cc1ccc(C(C)(C)C)c(OCc2ccc(Br)c(N)c2)c1. The van der Waals surface area contributed by atoms with Gasteiger partial charge in [-0.3, -0.25) is 0 Å². The van der Waals surface area contributed by atoms with Crippen molar-refractivity contribution in [3.05, 3.63) is 57.6 Å². The maximum atomic E-state index is 6.05. The van der Waals surface area contributed by atoms with Crippen LogP contribution in [-0.2, 0) is 12.0 Å². The number of nitrogen functional groups attached to an aromatic ring is 1. The van der Waals surface area contributed by atoms with Crippen LogP contribution in [0.2, 0.25) is 0 Å². The van der Waals surface area contributed by atoms with Gasteiger partial charge in [0.25, 0.3) is 0 Å². The van der Waals surface area contributed by atoms with Crippen LogP contribution in [0.15, 0.2) is 40.9 Å². The summed E-state index contributed by atoms with van der Waals surface area (Å²) >= 11 is 3.41. The Bertz CT molecular complexity index is 644. The van der Waals surface area contributed by atoms with Gasteiger partial charge in [-0.05, 0) is 63.2 Å². The second-order valence-corrected chi connectivity index (χ2v) is 7.25. The largest absolute Gasteiger partial charge is 0.489 e. The molecule has 112 valence electrons. The molecular weight excluding hydrogens is 326 g/mol. The zero-order chi connectivity index (χ0) is 15.6. The average Bonchev–Trinajstić information content (AvgIpc) is 2.39. The lowest BCUT2D eigenvalue weighted by molar-refractivity contribution is 0.297. The van der Waals surface area contributed by atoms with Crippen LogP contribution in [0.1, 0.15) is 37.5 Å². The number of hydrogen-bond acceptors (Lipinski definition) is 2. The average molecular weight is 348 g/mol. The summed E-state index contributed by atoms with van der Waals surface area (Å²) in [6, 6.07) is 12.3. The van der Waals surface area contributed by atoms with E-state index in [1.165, 1.54) is 11.1 Å². The van der Waals surface area contributed by atoms with Gasteiger partial charge < -0.3 is 10.5 Å². The molecule has 0 amide bonds. The summed E-state index contributed by atoms with van der Waals surface area (Å²) in [4.78, 5) is 0. The van der Waals surface area contributed by atoms with Crippen molar-refractivity contribution in [2.24, 2.45) is 0 Å². The Labute approximate surface area is 135 Å². The second-order valence-electron chi connectivity index (χ2n) is 6.39. The lowest BCUT2D eigenvalue weighted by Gasteiger charge is -2.23. The highest BCUT2D eigenvalue weighted by Gasteiger charge is 2.19. The summed E-state index contributed by atoms with van der Waals surface area (Å²) in [7, 11) is 0. The number of hydrogen-bond donors (Lipinski definition) is 1. The van der Waals surface area contributed by atoms with E-state index in [9.17, 15) is 0 Å². The first-order chi connectivity index (χ1) is 9.77. The minimum Gasteiger partial charge on any atom is -0.489 e. The van der Waals surface area contributed by atoms with Crippen molar-refractivity contribution >= 4 is 21.6 Å². The van der Waals surface area contributed by atoms with Crippen LogP contribution in [0.5, 0.6) is 5.75 Å². The van der Waals surface area contributed by atoms with Crippen molar-refractivity contribution in [1.29, 1.82) is 0 Å². The molecule has 0 fully saturated rings. The van der Waals surface area contributed by atoms with Crippen LogP contribution >= 0.6 is 15.9 Å². The molecule has 0 aliphatic carbocycles. The molecule has 0 bridgehead atoms. The van der Waals surface area contributed by atoms with Crippen LogP contribution in [0.4, 0.5) is 5.69 Å². The summed E-state index contributed by atoms with van der Waals surface area (Å²) in [5.41, 5.74) is 10.2. The number of nitrogens with two attached hydrogens (primary N) is 1. The highest BCUT2D eigenvalue weighted by molar-refractivity contribution is 9.10. The van der Waals surface area contributed by atoms with Crippen molar-refractivity contribution < 1.29 is 4.74 Å². The molecule has 0 atom stereocenters. The van der Waals surface area contributed by atoms with E-state index in [4.69, 9.17) is 10.5 Å². The molecule has 0 aliphatic rings. The fraction of sp³-hybridized carbons (Fsp3) is 0.333. The number of benzene rings is 2. The van der Waals surface area contributed by atoms with Gasteiger partial charge in [0.05, 0.1) is 0 Å². The maximum absolute atomic E-state index is 6.05. The van der Waals surface area contributed by atoms with E-state index in [0.717, 1.165) is 21.5 Å². The van der Waals surface area contributed by atoms with E-state index < -0.39 is 0 Å². The van der Waals surface area contributed by atoms with Gasteiger partial charge in [0.2, 0.25) is 0 Å². The van der Waals surface area contributed by atoms with Crippen LogP contribution in [0.3, 0.4) is 0 Å². The number of halogens is 1. The summed E-state index contributed by atoms with van der Waals surface area (Å²) in [6.07, 6.45) is 0. The van der Waals surface area contributed by atoms with Gasteiger partial charge in [0, 0.05) is 10.2 Å². The van der Waals surface area contributed by atoms with E-state index in [2.05, 4.69) is 61.8 Å². The van der Waals surface area contributed by atoms with Crippen LogP contribution in [0, 0.1) is 6.92 Å². The molecule has 2 aromatic carbocycles. The minimum atomic E-state index is 0.0573. The highest BCUT2D eigenvalue weighted by atomic mass is 79.9. The molecule has 0 aliphatic heterocycles. The molecule has 2 aromatic rings. The molecule has 0 unspecified atom stereocenters. The Morgan fingerprint density at radius 1 is 1.10 bits per heavy atom. The number of ether oxygens (including phenoxy) is 1. The predicted octanol–water partition coefficient (Wildman–Crippen LogP) is 5.22. The van der Waals surface area contributed by atoms with Crippen LogP contribution in [-0.4, -0.2) is 0 Å². The smallest absolute Gasteiger partial charge is 0.123 e. The molecule has 0 spiro atoms. The standard InChI is InChI=1S/C18H22BrNO/c1-12-5-7-14(18(2,3)4)17(9-12)21-11-13-6-8-15(19)16(20)10-13/h5-10H,11,20H2,1-4H3. The molecule has 0 radical (unpaired) electrons. The van der Waals surface area contributed by atoms with E-state index in [1.807, 2.05) is 18.2 Å². The third-order valence-corrected chi connectivity index (χ3v) is 4.12. The van der Waals surface area contributed by atoms with Crippen molar-refractivity contribution in [2.75, 3.05) is 5.73 Å². The van der Waals surface area contributed by atoms with Crippen molar-refractivity contribution in [2.45, 2.75) is 39.7 Å². The topological polar surface area (TPSA) is 35.2 Å². The number of rotatable bonds is 3. The minimum absolute atomic E-state index is 0.0573. The van der Waals surface area contributed by atoms with Crippen molar-refractivity contribution in [3.8, 4) is 5.75 Å². The molecule has 3 heteroatoms. The van der Waals surface area contributed by atoms with Crippen molar-refractivity contribution in [1.82, 2.24) is 0 Å². The lowest BCUT2D eigenvalue weighted by atomic mass is 9.86. The van der Waals surface area contributed by atoms with Crippen LogP contribution in [0.25, 0.3) is 0 Å². The predicted molar refractivity (Wildman–Crippen MR) is 92.8 cm³/mol. The van der Waals surface area contributed by atoms with Crippen molar-refractivity contribution in [3.63, 3.8) is 0 Å². The zero-order valence-corrected chi connectivity index (χ0v) is 14.6. The van der Waals surface area contributed by atoms with Gasteiger partial charge in [-0.1, -0.05) is 39.0 Å². The second kappa shape index (κ2) is 6.10. The zero-order valence-electron chi connectivity index (χ0n) is 13.0. The van der Waals surface area contributed by atoms with Gasteiger partial charge in [-0.2, -0.15) is 0 Å². The van der Waals surface area contributed by atoms with Gasteiger partial charge >= 0.3 is 0 Å². The molecule has 2 nitrogen and oxygen atoms in total. The first-order valence-electron chi connectivity index (χ1n) is 7.05. The number of aryl methyl sites for hydroxylation is 1. The third-order valence-electron chi connectivity index (χ3n) is 3.40. The Balaban J connectivity index is 2.23. The molecular formula is C18H22BrNO. The first-order valence-corrected chi connectivity index (χ1v) is 7.84. The monoisotopic (exact) mass is 347 g/mol. The summed E-state index contributed by atoms with van der Waals surface area (Å²) in [6.45, 7) is 9.19. The van der Waals surface area contributed by atoms with E-state index in [-0.39, 0.29) is 5.41 Å². The van der Waals surface area contributed by atoms with Gasteiger partial charge in [0.15, 0.2) is 0 Å². The molecule has 21 heavy (non-hydrogen) atoms. The summed E-state index contributed by atoms with van der Waals surface area (Å²) < 4.78 is 6.97. The highest BCUT2D eigenvalue weighted by Crippen LogP contribution is 2.32. The number of anilines is 1. The van der Waals surface area contributed by atoms with Gasteiger partial charge in [-0.15, -0.1) is 0 Å². The summed E-state index contributed by atoms with van der Waals surface area (Å²) in [5.74, 6) is 0.948. The summed E-state index contributed by atoms with van der Waals surface area (Å²) in [5, 5.41) is 0. The Kier molecular flexibility index (Phi) is 4.62. The molecule has 0 aromatic heterocycles. The lowest BCUT2D eigenvalue weighted by Crippen LogP contribution is -2.13. The normalized spacial score (nSPS) is 11.5. The Morgan fingerprint density at radius 2 is 1.81 bits per heavy atom. The first kappa shape index (κ1) is 15.9. The molecule has 0 saturated carbocycles. The maximum Gasteiger partial charge on any atom is 0.123 e. The fourth-order valence-electron chi connectivity index (χ4n) is 2.21. The molecule has 0 saturated heterocycles. The molecule has 0 heterocycles. The van der Waals surface area contributed by atoms with E-state index in [1.54, 1.807) is 0 Å². The Hall–Kier alpha value is -1.48. The van der Waals surface area contributed by atoms with E-state index >= 15 is 0 Å². The quantitative estimate of drug-likeness (QED) is 0.772. The molecule has 2 N–H and O–H groups in total. The van der Waals surface area contributed by atoms with Crippen LogP contribution < -0.4 is 10.5 Å².